The van der Waals surface area contributed by atoms with Crippen molar-refractivity contribution in [2.75, 3.05) is 17.3 Å². The molecule has 0 aliphatic heterocycles. The number of carbonyl (C=O) groups excluding carboxylic acids is 1. The number of rotatable bonds is 7. The molecule has 12 heteroatoms. The number of tetrazole rings is 1. The van der Waals surface area contributed by atoms with E-state index in [9.17, 15) is 18.0 Å². The molecule has 29 heavy (non-hydrogen) atoms. The third-order valence-electron chi connectivity index (χ3n) is 3.44. The van der Waals surface area contributed by atoms with Crippen LogP contribution in [0.15, 0.2) is 58.6 Å². The molecule has 0 fully saturated rings. The number of halogens is 3. The first-order chi connectivity index (χ1) is 13.8. The number of hydrogen-bond acceptors (Lipinski definition) is 7. The zero-order chi connectivity index (χ0) is 20.9. The predicted molar refractivity (Wildman–Crippen MR) is 103 cm³/mol. The molecule has 1 amide bonds. The molecule has 152 valence electrons. The number of benzene rings is 2. The van der Waals surface area contributed by atoms with Gasteiger partial charge in [0.05, 0.1) is 11.4 Å². The molecule has 3 aromatic rings. The number of nitrogens with zero attached hydrogens (tertiary/aromatic N) is 4. The molecule has 7 nitrogen and oxygen atoms in total. The molecule has 1 N–H and O–H groups in total. The number of hydrogen-bond donors (Lipinski definition) is 1. The molecule has 0 aliphatic rings. The van der Waals surface area contributed by atoms with Gasteiger partial charge in [0.15, 0.2) is 0 Å². The molecule has 1 heterocycles. The van der Waals surface area contributed by atoms with Gasteiger partial charge in [0, 0.05) is 10.6 Å². The fourth-order valence-corrected chi connectivity index (χ4v) is 3.40. The summed E-state index contributed by atoms with van der Waals surface area (Å²) in [7, 11) is 0. The van der Waals surface area contributed by atoms with Crippen molar-refractivity contribution in [3.8, 4) is 11.4 Å². The van der Waals surface area contributed by atoms with Gasteiger partial charge in [-0.3, -0.25) is 4.79 Å². The second-order valence-electron chi connectivity index (χ2n) is 5.48. The highest BCUT2D eigenvalue weighted by molar-refractivity contribution is 7.99. The van der Waals surface area contributed by atoms with Crippen LogP contribution in [0.3, 0.4) is 0 Å². The van der Waals surface area contributed by atoms with Crippen molar-refractivity contribution in [3.63, 3.8) is 0 Å². The summed E-state index contributed by atoms with van der Waals surface area (Å²) in [5.41, 5.74) is 1.11. The molecule has 0 spiro atoms. The van der Waals surface area contributed by atoms with E-state index >= 15 is 0 Å². The summed E-state index contributed by atoms with van der Waals surface area (Å²) >= 11 is 2.67. The molecular weight excluding hydrogens is 427 g/mol. The van der Waals surface area contributed by atoms with Crippen molar-refractivity contribution in [3.05, 3.63) is 48.5 Å². The first-order valence-electron chi connectivity index (χ1n) is 8.05. The van der Waals surface area contributed by atoms with Crippen LogP contribution in [0.2, 0.25) is 0 Å². The molecule has 0 saturated heterocycles. The van der Waals surface area contributed by atoms with Crippen LogP contribution in [-0.4, -0.2) is 44.5 Å². The Hall–Kier alpha value is -2.73. The minimum atomic E-state index is -4.76. The standard InChI is InChI=1S/C17H14F3N5O2S2/c1-28-14-4-2-3-11(9-14)21-15(26)10-29-16-22-23-24-25(16)12-5-7-13(8-6-12)27-17(18,19)20/h2-9H,10H2,1H3,(H,21,26). The van der Waals surface area contributed by atoms with Crippen molar-refractivity contribution in [2.24, 2.45) is 0 Å². The van der Waals surface area contributed by atoms with Crippen molar-refractivity contribution in [1.82, 2.24) is 20.2 Å². The Kier molecular flexibility index (Phi) is 6.64. The van der Waals surface area contributed by atoms with E-state index in [0.29, 0.717) is 16.5 Å². The van der Waals surface area contributed by atoms with Crippen molar-refractivity contribution < 1.29 is 22.7 Å². The first-order valence-corrected chi connectivity index (χ1v) is 10.3. The van der Waals surface area contributed by atoms with Crippen LogP contribution in [0.1, 0.15) is 0 Å². The van der Waals surface area contributed by atoms with Gasteiger partial charge in [-0.25, -0.2) is 0 Å². The fourth-order valence-electron chi connectivity index (χ4n) is 2.25. The first kappa shape index (κ1) is 21.0. The maximum Gasteiger partial charge on any atom is 0.573 e. The third kappa shape index (κ3) is 6.12. The largest absolute Gasteiger partial charge is 0.573 e. The number of thioether (sulfide) groups is 2. The highest BCUT2D eigenvalue weighted by Gasteiger charge is 2.31. The van der Waals surface area contributed by atoms with E-state index in [1.807, 2.05) is 24.5 Å². The SMILES string of the molecule is CSc1cccc(NC(=O)CSc2nnnn2-c2ccc(OC(F)(F)F)cc2)c1. The lowest BCUT2D eigenvalue weighted by atomic mass is 10.3. The Morgan fingerprint density at radius 1 is 1.21 bits per heavy atom. The van der Waals surface area contributed by atoms with Crippen LogP contribution < -0.4 is 10.1 Å². The number of nitrogens with one attached hydrogen (secondary N) is 1. The van der Waals surface area contributed by atoms with E-state index in [0.717, 1.165) is 28.8 Å². The Balaban J connectivity index is 1.62. The van der Waals surface area contributed by atoms with Gasteiger partial charge in [-0.15, -0.1) is 30.0 Å². The minimum Gasteiger partial charge on any atom is -0.406 e. The molecular formula is C17H14F3N5O2S2. The summed E-state index contributed by atoms with van der Waals surface area (Å²) in [5, 5.41) is 14.3. The Morgan fingerprint density at radius 3 is 2.66 bits per heavy atom. The number of anilines is 1. The molecule has 0 saturated carbocycles. The summed E-state index contributed by atoms with van der Waals surface area (Å²) in [6.45, 7) is 0. The highest BCUT2D eigenvalue weighted by Crippen LogP contribution is 2.25. The van der Waals surface area contributed by atoms with Crippen LogP contribution >= 0.6 is 23.5 Å². The number of carbonyl (C=O) groups is 1. The second kappa shape index (κ2) is 9.18. The summed E-state index contributed by atoms with van der Waals surface area (Å²) in [6, 6.07) is 12.5. The lowest BCUT2D eigenvalue weighted by Gasteiger charge is -2.09. The van der Waals surface area contributed by atoms with Crippen LogP contribution in [0.5, 0.6) is 5.75 Å². The molecule has 3 rings (SSSR count). The Labute approximate surface area is 172 Å². The number of ether oxygens (including phenoxy) is 1. The molecule has 1 aromatic heterocycles. The molecule has 2 aromatic carbocycles. The summed E-state index contributed by atoms with van der Waals surface area (Å²) in [4.78, 5) is 13.2. The molecule has 0 unspecified atom stereocenters. The number of alkyl halides is 3. The van der Waals surface area contributed by atoms with E-state index in [1.54, 1.807) is 17.8 Å². The molecule has 0 bridgehead atoms. The zero-order valence-electron chi connectivity index (χ0n) is 14.9. The predicted octanol–water partition coefficient (Wildman–Crippen LogP) is 4.01. The van der Waals surface area contributed by atoms with Gasteiger partial charge in [-0.2, -0.15) is 4.68 Å². The molecule has 0 radical (unpaired) electrons. The lowest BCUT2D eigenvalue weighted by Crippen LogP contribution is -2.17. The molecule has 0 aliphatic carbocycles. The van der Waals surface area contributed by atoms with Gasteiger partial charge < -0.3 is 10.1 Å². The zero-order valence-corrected chi connectivity index (χ0v) is 16.5. The second-order valence-corrected chi connectivity index (χ2v) is 7.31. The lowest BCUT2D eigenvalue weighted by molar-refractivity contribution is -0.274. The summed E-state index contributed by atoms with van der Waals surface area (Å²) in [6.07, 6.45) is -2.82. The maximum atomic E-state index is 12.3. The van der Waals surface area contributed by atoms with E-state index in [-0.39, 0.29) is 17.4 Å². The fraction of sp³-hybridized carbons (Fsp3) is 0.176. The van der Waals surface area contributed by atoms with E-state index < -0.39 is 6.36 Å². The Bertz CT molecular complexity index is 980. The Morgan fingerprint density at radius 2 is 1.97 bits per heavy atom. The van der Waals surface area contributed by atoms with Crippen LogP contribution in [0, 0.1) is 0 Å². The normalized spacial score (nSPS) is 11.3. The van der Waals surface area contributed by atoms with Gasteiger partial charge in [0.1, 0.15) is 5.75 Å². The maximum absolute atomic E-state index is 12.3. The van der Waals surface area contributed by atoms with Crippen LogP contribution in [-0.2, 0) is 4.79 Å². The summed E-state index contributed by atoms with van der Waals surface area (Å²) in [5.74, 6) is -0.536. The van der Waals surface area contributed by atoms with Crippen LogP contribution in [0.25, 0.3) is 5.69 Å². The highest BCUT2D eigenvalue weighted by atomic mass is 32.2. The van der Waals surface area contributed by atoms with Crippen LogP contribution in [0.4, 0.5) is 18.9 Å². The van der Waals surface area contributed by atoms with E-state index in [1.165, 1.54) is 16.8 Å². The van der Waals surface area contributed by atoms with Crippen molar-refractivity contribution in [2.45, 2.75) is 16.4 Å². The number of aromatic nitrogens is 4. The topological polar surface area (TPSA) is 81.9 Å². The van der Waals surface area contributed by atoms with Gasteiger partial charge in [-0.1, -0.05) is 17.8 Å². The van der Waals surface area contributed by atoms with Gasteiger partial charge in [-0.05, 0) is 59.1 Å². The quantitative estimate of drug-likeness (QED) is 0.555. The minimum absolute atomic E-state index is 0.0547. The number of amides is 1. The van der Waals surface area contributed by atoms with Crippen molar-refractivity contribution in [1.29, 1.82) is 0 Å². The van der Waals surface area contributed by atoms with Gasteiger partial charge >= 0.3 is 6.36 Å². The summed E-state index contributed by atoms with van der Waals surface area (Å²) < 4.78 is 41.9. The average molecular weight is 441 g/mol. The van der Waals surface area contributed by atoms with Gasteiger partial charge in [0.2, 0.25) is 11.1 Å². The average Bonchev–Trinajstić information content (AvgIpc) is 3.14. The van der Waals surface area contributed by atoms with Gasteiger partial charge in [0.25, 0.3) is 0 Å². The third-order valence-corrected chi connectivity index (χ3v) is 5.09. The molecule has 0 atom stereocenters. The van der Waals surface area contributed by atoms with Crippen molar-refractivity contribution >= 4 is 35.1 Å². The monoisotopic (exact) mass is 441 g/mol. The van der Waals surface area contributed by atoms with E-state index in [2.05, 4.69) is 25.6 Å². The van der Waals surface area contributed by atoms with E-state index in [4.69, 9.17) is 0 Å². The smallest absolute Gasteiger partial charge is 0.406 e.